The van der Waals surface area contributed by atoms with Crippen LogP contribution >= 0.6 is 11.6 Å². The molecular weight excluding hydrogens is 469 g/mol. The zero-order chi connectivity index (χ0) is 24.9. The molecule has 0 aromatic heterocycles. The molecule has 180 valence electrons. The summed E-state index contributed by atoms with van der Waals surface area (Å²) in [5, 5.41) is 3.04. The molecule has 0 bridgehead atoms. The maximum atomic E-state index is 14.3. The first-order valence-electron chi connectivity index (χ1n) is 10.4. The van der Waals surface area contributed by atoms with Crippen LogP contribution in [-0.2, 0) is 26.2 Å². The largest absolute Gasteiger partial charge is 0.352 e. The number of hydrogen-bond donors (Lipinski definition) is 1. The Hall–Kier alpha value is -2.65. The Morgan fingerprint density at radius 3 is 2.33 bits per heavy atom. The van der Waals surface area contributed by atoms with Crippen molar-refractivity contribution in [2.45, 2.75) is 46.3 Å². The third-order valence-corrected chi connectivity index (χ3v) is 6.38. The van der Waals surface area contributed by atoms with Crippen LogP contribution in [0.1, 0.15) is 31.9 Å². The van der Waals surface area contributed by atoms with Gasteiger partial charge in [0.05, 0.1) is 11.9 Å². The molecule has 2 rings (SSSR count). The van der Waals surface area contributed by atoms with Crippen LogP contribution in [0.2, 0.25) is 5.02 Å². The van der Waals surface area contributed by atoms with E-state index in [4.69, 9.17) is 11.6 Å². The van der Waals surface area contributed by atoms with Crippen LogP contribution in [0.4, 0.5) is 10.1 Å². The number of nitrogens with one attached hydrogen (secondary N) is 1. The highest BCUT2D eigenvalue weighted by Crippen LogP contribution is 2.27. The van der Waals surface area contributed by atoms with E-state index in [0.717, 1.165) is 10.6 Å². The monoisotopic (exact) mass is 497 g/mol. The van der Waals surface area contributed by atoms with Gasteiger partial charge in [-0.25, -0.2) is 12.8 Å². The van der Waals surface area contributed by atoms with E-state index in [-0.39, 0.29) is 23.8 Å². The Bertz CT molecular complexity index is 1120. The predicted molar refractivity (Wildman–Crippen MR) is 128 cm³/mol. The SMILES string of the molecule is Cc1ccc(Cl)cc1N(CC(=O)N(Cc1ccccc1F)[C@@H](C)C(=O)NC(C)C)S(C)(=O)=O. The lowest BCUT2D eigenvalue weighted by atomic mass is 10.1. The van der Waals surface area contributed by atoms with Gasteiger partial charge < -0.3 is 10.2 Å². The molecule has 0 aliphatic rings. The molecule has 0 spiro atoms. The van der Waals surface area contributed by atoms with E-state index < -0.39 is 40.2 Å². The maximum Gasteiger partial charge on any atom is 0.244 e. The Morgan fingerprint density at radius 2 is 1.76 bits per heavy atom. The van der Waals surface area contributed by atoms with Gasteiger partial charge in [-0.3, -0.25) is 13.9 Å². The molecule has 0 saturated heterocycles. The average Bonchev–Trinajstić information content (AvgIpc) is 2.71. The molecule has 0 aliphatic carbocycles. The highest BCUT2D eigenvalue weighted by Gasteiger charge is 2.31. The topological polar surface area (TPSA) is 86.8 Å². The zero-order valence-electron chi connectivity index (χ0n) is 19.3. The molecule has 0 fully saturated rings. The molecule has 1 N–H and O–H groups in total. The van der Waals surface area contributed by atoms with Crippen LogP contribution in [0.5, 0.6) is 0 Å². The molecular formula is C23H29ClFN3O4S. The first-order valence-corrected chi connectivity index (χ1v) is 12.6. The second kappa shape index (κ2) is 11.0. The van der Waals surface area contributed by atoms with Crippen molar-refractivity contribution in [3.05, 3.63) is 64.4 Å². The molecule has 33 heavy (non-hydrogen) atoms. The fourth-order valence-electron chi connectivity index (χ4n) is 3.24. The summed E-state index contributed by atoms with van der Waals surface area (Å²) < 4.78 is 40.5. The molecule has 10 heteroatoms. The van der Waals surface area contributed by atoms with Crippen LogP contribution in [0.25, 0.3) is 0 Å². The van der Waals surface area contributed by atoms with E-state index in [0.29, 0.717) is 10.6 Å². The number of amides is 2. The summed E-state index contributed by atoms with van der Waals surface area (Å²) in [6.07, 6.45) is 0.983. The summed E-state index contributed by atoms with van der Waals surface area (Å²) in [5.41, 5.74) is 1.06. The molecule has 0 heterocycles. The van der Waals surface area contributed by atoms with Crippen molar-refractivity contribution in [3.8, 4) is 0 Å². The smallest absolute Gasteiger partial charge is 0.244 e. The van der Waals surface area contributed by atoms with Crippen LogP contribution < -0.4 is 9.62 Å². The van der Waals surface area contributed by atoms with E-state index in [1.807, 2.05) is 0 Å². The van der Waals surface area contributed by atoms with Gasteiger partial charge in [-0.1, -0.05) is 35.9 Å². The van der Waals surface area contributed by atoms with Crippen LogP contribution in [-0.4, -0.2) is 50.0 Å². The van der Waals surface area contributed by atoms with Gasteiger partial charge in [-0.2, -0.15) is 0 Å². The van der Waals surface area contributed by atoms with Crippen LogP contribution in [0, 0.1) is 12.7 Å². The number of carbonyl (C=O) groups is 2. The van der Waals surface area contributed by atoms with Gasteiger partial charge in [0.1, 0.15) is 18.4 Å². The van der Waals surface area contributed by atoms with Gasteiger partial charge in [0.15, 0.2) is 0 Å². The number of benzene rings is 2. The zero-order valence-corrected chi connectivity index (χ0v) is 20.9. The number of aryl methyl sites for hydroxylation is 1. The van der Waals surface area contributed by atoms with Gasteiger partial charge in [0, 0.05) is 23.2 Å². The fraction of sp³-hybridized carbons (Fsp3) is 0.391. The second-order valence-electron chi connectivity index (χ2n) is 8.15. The number of hydrogen-bond acceptors (Lipinski definition) is 4. The van der Waals surface area contributed by atoms with Gasteiger partial charge in [-0.05, 0) is 51.5 Å². The minimum atomic E-state index is -3.88. The van der Waals surface area contributed by atoms with Crippen LogP contribution in [0.15, 0.2) is 42.5 Å². The van der Waals surface area contributed by atoms with Crippen molar-refractivity contribution in [1.82, 2.24) is 10.2 Å². The van der Waals surface area contributed by atoms with E-state index in [1.54, 1.807) is 39.0 Å². The third-order valence-electron chi connectivity index (χ3n) is 5.02. The first kappa shape index (κ1) is 26.6. The summed E-state index contributed by atoms with van der Waals surface area (Å²) >= 11 is 6.06. The highest BCUT2D eigenvalue weighted by molar-refractivity contribution is 7.92. The maximum absolute atomic E-state index is 14.3. The van der Waals surface area contributed by atoms with Crippen LogP contribution in [0.3, 0.4) is 0 Å². The number of rotatable bonds is 9. The molecule has 0 unspecified atom stereocenters. The summed E-state index contributed by atoms with van der Waals surface area (Å²) in [5.74, 6) is -1.62. The van der Waals surface area contributed by atoms with E-state index >= 15 is 0 Å². The molecule has 1 atom stereocenters. The molecule has 7 nitrogen and oxygen atoms in total. The first-order chi connectivity index (χ1) is 15.3. The minimum Gasteiger partial charge on any atom is -0.352 e. The predicted octanol–water partition coefficient (Wildman–Crippen LogP) is 3.50. The number of anilines is 1. The van der Waals surface area contributed by atoms with Crippen molar-refractivity contribution in [2.75, 3.05) is 17.1 Å². The Balaban J connectivity index is 2.45. The second-order valence-corrected chi connectivity index (χ2v) is 10.5. The summed E-state index contributed by atoms with van der Waals surface area (Å²) in [6, 6.07) is 9.50. The molecule has 2 aromatic rings. The van der Waals surface area contributed by atoms with Crippen molar-refractivity contribution in [3.63, 3.8) is 0 Å². The number of nitrogens with zero attached hydrogens (tertiary/aromatic N) is 2. The molecule has 0 radical (unpaired) electrons. The van der Waals surface area contributed by atoms with Crippen molar-refractivity contribution in [2.24, 2.45) is 0 Å². The number of carbonyl (C=O) groups excluding carboxylic acids is 2. The van der Waals surface area contributed by atoms with Crippen molar-refractivity contribution < 1.29 is 22.4 Å². The number of sulfonamides is 1. The lowest BCUT2D eigenvalue weighted by molar-refractivity contribution is -0.139. The summed E-state index contributed by atoms with van der Waals surface area (Å²) in [4.78, 5) is 27.3. The van der Waals surface area contributed by atoms with Gasteiger partial charge in [-0.15, -0.1) is 0 Å². The lowest BCUT2D eigenvalue weighted by Crippen LogP contribution is -2.52. The Labute approximate surface area is 199 Å². The van der Waals surface area contributed by atoms with Crippen molar-refractivity contribution in [1.29, 1.82) is 0 Å². The summed E-state index contributed by atoms with van der Waals surface area (Å²) in [7, 11) is -3.88. The molecule has 2 aromatic carbocycles. The minimum absolute atomic E-state index is 0.174. The molecule has 0 saturated carbocycles. The van der Waals surface area contributed by atoms with E-state index in [2.05, 4.69) is 5.32 Å². The van der Waals surface area contributed by atoms with Gasteiger partial charge in [0.25, 0.3) is 0 Å². The number of halogens is 2. The highest BCUT2D eigenvalue weighted by atomic mass is 35.5. The third kappa shape index (κ3) is 7.17. The van der Waals surface area contributed by atoms with E-state index in [1.165, 1.54) is 36.1 Å². The Kier molecular flexibility index (Phi) is 8.85. The molecule has 0 aliphatic heterocycles. The lowest BCUT2D eigenvalue weighted by Gasteiger charge is -2.32. The van der Waals surface area contributed by atoms with Gasteiger partial charge >= 0.3 is 0 Å². The van der Waals surface area contributed by atoms with Crippen molar-refractivity contribution >= 4 is 39.1 Å². The fourth-order valence-corrected chi connectivity index (χ4v) is 4.31. The molecule has 2 amide bonds. The Morgan fingerprint density at radius 1 is 1.12 bits per heavy atom. The normalized spacial score (nSPS) is 12.4. The van der Waals surface area contributed by atoms with Gasteiger partial charge in [0.2, 0.25) is 21.8 Å². The standard InChI is InChI=1S/C23H29ClFN3O4S/c1-15(2)26-23(30)17(4)27(13-18-8-6-7-9-20(18)25)22(29)14-28(33(5,31)32)21-12-19(24)11-10-16(21)3/h6-12,15,17H,13-14H2,1-5H3,(H,26,30)/t17-/m0/s1. The quantitative estimate of drug-likeness (QED) is 0.574. The van der Waals surface area contributed by atoms with E-state index in [9.17, 15) is 22.4 Å². The average molecular weight is 498 g/mol. The summed E-state index contributed by atoms with van der Waals surface area (Å²) in [6.45, 7) is 6.00.